The van der Waals surface area contributed by atoms with Gasteiger partial charge in [-0.3, -0.25) is 4.98 Å². The summed E-state index contributed by atoms with van der Waals surface area (Å²) < 4.78 is 12.0. The fourth-order valence-corrected chi connectivity index (χ4v) is 2.35. The minimum Gasteiger partial charge on any atom is -0.399 e. The molecular weight excluding hydrogens is 275 g/mol. The van der Waals surface area contributed by atoms with E-state index in [4.69, 9.17) is 15.0 Å². The van der Waals surface area contributed by atoms with Crippen molar-refractivity contribution < 1.29 is 9.31 Å². The molecule has 1 saturated heterocycles. The Labute approximate surface area is 131 Å². The number of anilines is 1. The molecular formula is C17H21BN2O2. The summed E-state index contributed by atoms with van der Waals surface area (Å²) in [4.78, 5) is 4.51. The van der Waals surface area contributed by atoms with E-state index in [1.165, 1.54) is 0 Å². The Morgan fingerprint density at radius 3 is 1.91 bits per heavy atom. The Kier molecular flexibility index (Phi) is 3.50. The number of nitrogens with two attached hydrogens (primary N) is 1. The maximum Gasteiger partial charge on any atom is 0.514 e. The van der Waals surface area contributed by atoms with E-state index in [2.05, 4.69) is 4.98 Å². The molecule has 3 rings (SSSR count). The van der Waals surface area contributed by atoms with Gasteiger partial charge in [-0.05, 0) is 57.0 Å². The van der Waals surface area contributed by atoms with E-state index in [-0.39, 0.29) is 11.2 Å². The van der Waals surface area contributed by atoms with Gasteiger partial charge in [0.1, 0.15) is 0 Å². The summed E-state index contributed by atoms with van der Waals surface area (Å²) in [5.74, 6) is 0. The van der Waals surface area contributed by atoms with Gasteiger partial charge < -0.3 is 15.0 Å². The quantitative estimate of drug-likeness (QED) is 0.683. The van der Waals surface area contributed by atoms with Crippen LogP contribution in [0.2, 0.25) is 0 Å². The van der Waals surface area contributed by atoms with Crippen molar-refractivity contribution in [3.05, 3.63) is 42.6 Å². The van der Waals surface area contributed by atoms with Gasteiger partial charge in [0, 0.05) is 11.9 Å². The molecule has 2 heterocycles. The van der Waals surface area contributed by atoms with Crippen LogP contribution in [-0.2, 0) is 9.31 Å². The van der Waals surface area contributed by atoms with Crippen molar-refractivity contribution in [2.45, 2.75) is 38.9 Å². The summed E-state index contributed by atoms with van der Waals surface area (Å²) in [5, 5.41) is 0. The number of hydrogen-bond acceptors (Lipinski definition) is 4. The van der Waals surface area contributed by atoms with Crippen molar-refractivity contribution in [2.24, 2.45) is 0 Å². The predicted octanol–water partition coefficient (Wildman–Crippen LogP) is 2.63. The lowest BCUT2D eigenvalue weighted by Gasteiger charge is -2.32. The second-order valence-corrected chi connectivity index (χ2v) is 6.68. The zero-order valence-electron chi connectivity index (χ0n) is 13.5. The summed E-state index contributed by atoms with van der Waals surface area (Å²) in [6.45, 7) is 8.15. The van der Waals surface area contributed by atoms with Crippen molar-refractivity contribution >= 4 is 18.4 Å². The molecule has 0 aliphatic carbocycles. The van der Waals surface area contributed by atoms with Crippen LogP contribution < -0.4 is 11.3 Å². The molecule has 22 heavy (non-hydrogen) atoms. The highest BCUT2D eigenvalue weighted by molar-refractivity contribution is 6.61. The number of pyridine rings is 1. The first-order valence-corrected chi connectivity index (χ1v) is 7.46. The van der Waals surface area contributed by atoms with Crippen LogP contribution in [0.1, 0.15) is 27.7 Å². The Morgan fingerprint density at radius 1 is 0.864 bits per heavy atom. The number of nitrogen functional groups attached to an aromatic ring is 1. The molecule has 0 amide bonds. The van der Waals surface area contributed by atoms with Crippen molar-refractivity contribution in [1.29, 1.82) is 0 Å². The van der Waals surface area contributed by atoms with Gasteiger partial charge in [0.25, 0.3) is 0 Å². The van der Waals surface area contributed by atoms with Crippen molar-refractivity contribution in [3.8, 4) is 11.1 Å². The largest absolute Gasteiger partial charge is 0.514 e. The third kappa shape index (κ3) is 2.62. The number of aromatic nitrogens is 1. The molecule has 114 valence electrons. The summed E-state index contributed by atoms with van der Waals surface area (Å²) in [5.41, 5.74) is 8.68. The highest BCUT2D eigenvalue weighted by Gasteiger charge is 2.52. The summed E-state index contributed by atoms with van der Waals surface area (Å²) in [6, 6.07) is 11.7. The molecule has 1 aromatic heterocycles. The molecule has 2 N–H and O–H groups in total. The van der Waals surface area contributed by atoms with Crippen LogP contribution in [-0.4, -0.2) is 23.3 Å². The molecule has 5 heteroatoms. The first-order valence-electron chi connectivity index (χ1n) is 7.46. The molecule has 0 unspecified atom stereocenters. The lowest BCUT2D eigenvalue weighted by molar-refractivity contribution is 0.00578. The molecule has 0 bridgehead atoms. The number of benzene rings is 1. The van der Waals surface area contributed by atoms with Crippen LogP contribution in [0.5, 0.6) is 0 Å². The van der Waals surface area contributed by atoms with Crippen LogP contribution in [0.15, 0.2) is 42.6 Å². The Balaban J connectivity index is 1.82. The summed E-state index contributed by atoms with van der Waals surface area (Å²) in [7, 11) is -0.425. The molecule has 2 aromatic rings. The first-order chi connectivity index (χ1) is 10.3. The maximum absolute atomic E-state index is 6.01. The summed E-state index contributed by atoms with van der Waals surface area (Å²) in [6.07, 6.45) is 1.84. The standard InChI is InChI=1S/C17H21BN2O2/c1-16(2)17(3,4)22-18(21-16)15-10-7-13(11-20-15)12-5-8-14(19)9-6-12/h5-11H,19H2,1-4H3. The van der Waals surface area contributed by atoms with E-state index in [1.54, 1.807) is 0 Å². The van der Waals surface area contributed by atoms with Gasteiger partial charge in [-0.15, -0.1) is 0 Å². The predicted molar refractivity (Wildman–Crippen MR) is 89.8 cm³/mol. The first kappa shape index (κ1) is 15.1. The highest BCUT2D eigenvalue weighted by Crippen LogP contribution is 2.36. The van der Waals surface area contributed by atoms with E-state index in [0.717, 1.165) is 22.4 Å². The third-order valence-electron chi connectivity index (χ3n) is 4.53. The Hall–Kier alpha value is -1.85. The van der Waals surface area contributed by atoms with Gasteiger partial charge in [-0.1, -0.05) is 18.2 Å². The van der Waals surface area contributed by atoms with E-state index in [9.17, 15) is 0 Å². The van der Waals surface area contributed by atoms with E-state index in [1.807, 2.05) is 70.3 Å². The molecule has 1 aliphatic rings. The molecule has 0 spiro atoms. The van der Waals surface area contributed by atoms with E-state index in [0.29, 0.717) is 0 Å². The van der Waals surface area contributed by atoms with Gasteiger partial charge >= 0.3 is 7.12 Å². The van der Waals surface area contributed by atoms with Gasteiger partial charge in [0.15, 0.2) is 0 Å². The molecule has 1 aliphatic heterocycles. The average molecular weight is 296 g/mol. The van der Waals surface area contributed by atoms with Crippen LogP contribution >= 0.6 is 0 Å². The van der Waals surface area contributed by atoms with Gasteiger partial charge in [0.2, 0.25) is 0 Å². The van der Waals surface area contributed by atoms with Gasteiger partial charge in [-0.25, -0.2) is 0 Å². The fraction of sp³-hybridized carbons (Fsp3) is 0.353. The van der Waals surface area contributed by atoms with Crippen LogP contribution in [0.3, 0.4) is 0 Å². The number of hydrogen-bond donors (Lipinski definition) is 1. The van der Waals surface area contributed by atoms with Crippen LogP contribution in [0.25, 0.3) is 11.1 Å². The summed E-state index contributed by atoms with van der Waals surface area (Å²) >= 11 is 0. The molecule has 0 saturated carbocycles. The van der Waals surface area contributed by atoms with Gasteiger partial charge in [0.05, 0.1) is 16.8 Å². The van der Waals surface area contributed by atoms with Crippen LogP contribution in [0.4, 0.5) is 5.69 Å². The molecule has 0 radical (unpaired) electrons. The SMILES string of the molecule is CC1(C)OB(c2ccc(-c3ccc(N)cc3)cn2)OC1(C)C. The molecule has 1 fully saturated rings. The maximum atomic E-state index is 6.01. The monoisotopic (exact) mass is 296 g/mol. The van der Waals surface area contributed by atoms with Crippen molar-refractivity contribution in [2.75, 3.05) is 5.73 Å². The smallest absolute Gasteiger partial charge is 0.399 e. The minimum absolute atomic E-state index is 0.352. The average Bonchev–Trinajstić information content (AvgIpc) is 2.68. The number of rotatable bonds is 2. The highest BCUT2D eigenvalue weighted by atomic mass is 16.7. The van der Waals surface area contributed by atoms with Crippen molar-refractivity contribution in [1.82, 2.24) is 4.98 Å². The Morgan fingerprint density at radius 2 is 1.41 bits per heavy atom. The normalized spacial score (nSPS) is 19.4. The minimum atomic E-state index is -0.425. The second kappa shape index (κ2) is 5.11. The zero-order chi connectivity index (χ0) is 16.0. The molecule has 4 nitrogen and oxygen atoms in total. The van der Waals surface area contributed by atoms with E-state index < -0.39 is 7.12 Å². The van der Waals surface area contributed by atoms with E-state index >= 15 is 0 Å². The van der Waals surface area contributed by atoms with Gasteiger partial charge in [-0.2, -0.15) is 0 Å². The van der Waals surface area contributed by atoms with Crippen LogP contribution in [0, 0.1) is 0 Å². The zero-order valence-corrected chi connectivity index (χ0v) is 13.5. The lowest BCUT2D eigenvalue weighted by Crippen LogP contribution is -2.41. The van der Waals surface area contributed by atoms with Crippen molar-refractivity contribution in [3.63, 3.8) is 0 Å². The third-order valence-corrected chi connectivity index (χ3v) is 4.53. The Bertz CT molecular complexity index is 650. The topological polar surface area (TPSA) is 57.4 Å². The lowest BCUT2D eigenvalue weighted by atomic mass is 9.84. The second-order valence-electron chi connectivity index (χ2n) is 6.68. The molecule has 1 aromatic carbocycles. The molecule has 0 atom stereocenters. The fourth-order valence-electron chi connectivity index (χ4n) is 2.35. The number of nitrogens with zero attached hydrogens (tertiary/aromatic N) is 1.